The molecule has 1 amide bonds. The van der Waals surface area contributed by atoms with Gasteiger partial charge in [-0.05, 0) is 44.9 Å². The lowest BCUT2D eigenvalue weighted by molar-refractivity contribution is -0.359. The van der Waals surface area contributed by atoms with E-state index in [-0.39, 0.29) is 18.9 Å². The first kappa shape index (κ1) is 59.3. The number of aliphatic hydroxyl groups excluding tert-OH is 8. The van der Waals surface area contributed by atoms with E-state index in [1.165, 1.54) is 116 Å². The molecule has 12 unspecified atom stereocenters. The third-order valence-electron chi connectivity index (χ3n) is 12.6. The van der Waals surface area contributed by atoms with Gasteiger partial charge < -0.3 is 65.1 Å². The molecule has 0 saturated carbocycles. The van der Waals surface area contributed by atoms with Gasteiger partial charge in [0, 0.05) is 6.42 Å². The number of carbonyl (C=O) groups excluding carboxylic acids is 1. The molecule has 2 heterocycles. The van der Waals surface area contributed by atoms with Gasteiger partial charge in [-0.3, -0.25) is 4.79 Å². The van der Waals surface area contributed by atoms with E-state index in [1.54, 1.807) is 6.08 Å². The Labute approximate surface area is 391 Å². The first-order valence-corrected chi connectivity index (χ1v) is 25.7. The molecule has 0 aliphatic carbocycles. The molecule has 65 heavy (non-hydrogen) atoms. The van der Waals surface area contributed by atoms with Crippen LogP contribution in [0.15, 0.2) is 36.5 Å². The zero-order chi connectivity index (χ0) is 47.5. The van der Waals surface area contributed by atoms with Crippen molar-refractivity contribution in [2.45, 2.75) is 261 Å². The Hall–Kier alpha value is -1.79. The Kier molecular flexibility index (Phi) is 34.8. The summed E-state index contributed by atoms with van der Waals surface area (Å²) in [6.45, 7) is 2.57. The van der Waals surface area contributed by atoms with Gasteiger partial charge in [0.15, 0.2) is 12.6 Å². The third kappa shape index (κ3) is 25.4. The summed E-state index contributed by atoms with van der Waals surface area (Å²) < 4.78 is 22.5. The minimum Gasteiger partial charge on any atom is -0.394 e. The fourth-order valence-corrected chi connectivity index (χ4v) is 8.32. The van der Waals surface area contributed by atoms with Crippen LogP contribution in [-0.4, -0.2) is 140 Å². The molecule has 2 saturated heterocycles. The van der Waals surface area contributed by atoms with Crippen molar-refractivity contribution in [3.8, 4) is 0 Å². The number of allylic oxidation sites excluding steroid dienone is 5. The second kappa shape index (κ2) is 38.1. The number of hydrogen-bond donors (Lipinski definition) is 9. The fraction of sp³-hybridized carbons (Fsp3) is 0.863. The summed E-state index contributed by atoms with van der Waals surface area (Å²) >= 11 is 0. The van der Waals surface area contributed by atoms with E-state index in [0.717, 1.165) is 38.5 Å². The Morgan fingerprint density at radius 2 is 0.985 bits per heavy atom. The molecule has 14 heteroatoms. The second-order valence-electron chi connectivity index (χ2n) is 18.3. The minimum atomic E-state index is -1.79. The van der Waals surface area contributed by atoms with Crippen molar-refractivity contribution < 1.29 is 64.6 Å². The molecule has 2 aliphatic heterocycles. The largest absolute Gasteiger partial charge is 0.394 e. The van der Waals surface area contributed by atoms with Crippen LogP contribution >= 0.6 is 0 Å². The number of carbonyl (C=O) groups is 1. The molecule has 0 radical (unpaired) electrons. The van der Waals surface area contributed by atoms with Gasteiger partial charge in [0.25, 0.3) is 0 Å². The topological polar surface area (TPSA) is 228 Å². The molecule has 12 atom stereocenters. The summed E-state index contributed by atoms with van der Waals surface area (Å²) in [6.07, 6.45) is 27.6. The maximum Gasteiger partial charge on any atom is 0.220 e. The smallest absolute Gasteiger partial charge is 0.220 e. The van der Waals surface area contributed by atoms with Crippen LogP contribution in [0.25, 0.3) is 0 Å². The second-order valence-corrected chi connectivity index (χ2v) is 18.3. The Balaban J connectivity index is 1.65. The van der Waals surface area contributed by atoms with Crippen LogP contribution in [0.5, 0.6) is 0 Å². The molecule has 0 aromatic rings. The zero-order valence-corrected chi connectivity index (χ0v) is 40.2. The first-order chi connectivity index (χ1) is 31.6. The molecule has 0 aromatic carbocycles. The van der Waals surface area contributed by atoms with Gasteiger partial charge in [-0.15, -0.1) is 0 Å². The van der Waals surface area contributed by atoms with E-state index in [2.05, 4.69) is 36.5 Å². The number of aliphatic hydroxyl groups is 8. The van der Waals surface area contributed by atoms with Crippen LogP contribution in [-0.2, 0) is 23.7 Å². The highest BCUT2D eigenvalue weighted by atomic mass is 16.7. The predicted molar refractivity (Wildman–Crippen MR) is 254 cm³/mol. The van der Waals surface area contributed by atoms with E-state index in [1.807, 2.05) is 13.0 Å². The molecular weight excluding hydrogens is 835 g/mol. The lowest BCUT2D eigenvalue weighted by Crippen LogP contribution is -2.65. The van der Waals surface area contributed by atoms with Crippen LogP contribution in [0.2, 0.25) is 0 Å². The Bertz CT molecular complexity index is 1230. The number of hydrogen-bond acceptors (Lipinski definition) is 13. The number of rotatable bonds is 39. The summed E-state index contributed by atoms with van der Waals surface area (Å²) in [5.41, 5.74) is 0. The van der Waals surface area contributed by atoms with Gasteiger partial charge in [-0.1, -0.05) is 172 Å². The highest BCUT2D eigenvalue weighted by molar-refractivity contribution is 5.76. The third-order valence-corrected chi connectivity index (χ3v) is 12.6. The molecule has 380 valence electrons. The molecule has 0 spiro atoms. The van der Waals surface area contributed by atoms with Crippen LogP contribution in [0.4, 0.5) is 0 Å². The van der Waals surface area contributed by atoms with Crippen LogP contribution < -0.4 is 5.32 Å². The molecule has 0 bridgehead atoms. The average molecular weight is 928 g/mol. The van der Waals surface area contributed by atoms with Gasteiger partial charge >= 0.3 is 0 Å². The van der Waals surface area contributed by atoms with E-state index in [0.29, 0.717) is 12.8 Å². The van der Waals surface area contributed by atoms with Crippen LogP contribution in [0.1, 0.15) is 187 Å². The van der Waals surface area contributed by atoms with Crippen molar-refractivity contribution in [3.63, 3.8) is 0 Å². The fourth-order valence-electron chi connectivity index (χ4n) is 8.32. The lowest BCUT2D eigenvalue weighted by atomic mass is 9.97. The average Bonchev–Trinajstić information content (AvgIpc) is 3.30. The summed E-state index contributed by atoms with van der Waals surface area (Å²) in [6, 6.07) is -0.930. The summed E-state index contributed by atoms with van der Waals surface area (Å²) in [5, 5.41) is 86.0. The summed E-state index contributed by atoms with van der Waals surface area (Å²) in [5.74, 6) is -0.279. The van der Waals surface area contributed by atoms with Crippen molar-refractivity contribution in [3.05, 3.63) is 36.5 Å². The number of nitrogens with one attached hydrogen (secondary N) is 1. The van der Waals surface area contributed by atoms with Crippen molar-refractivity contribution in [1.29, 1.82) is 0 Å². The first-order valence-electron chi connectivity index (χ1n) is 25.7. The minimum absolute atomic E-state index is 0.255. The standard InChI is InChI=1S/C51H93NO13/c1-3-5-7-8-9-10-11-12-13-14-15-16-17-18-19-20-21-22-23-24-25-26-27-28-29-30-31-33-34-40(55)39(52-43(56)35-32-6-4-2)38-62-50-48(61)46(59)49(42(37-54)64-50)65-51-47(60)45(58)44(57)41(36-53)63-51/h24-25,28-29,33-34,39-42,44-51,53-55,57-61H,3-23,26-27,30-32,35-38H2,1-2H3,(H,52,56)/b25-24+,29-28+,34-33+. The van der Waals surface area contributed by atoms with Gasteiger partial charge in [0.1, 0.15) is 48.8 Å². The molecule has 14 nitrogen and oxygen atoms in total. The van der Waals surface area contributed by atoms with E-state index >= 15 is 0 Å². The van der Waals surface area contributed by atoms with Crippen LogP contribution in [0.3, 0.4) is 0 Å². The zero-order valence-electron chi connectivity index (χ0n) is 40.2. The predicted octanol–water partition coefficient (Wildman–Crippen LogP) is 6.71. The number of amides is 1. The van der Waals surface area contributed by atoms with Crippen LogP contribution in [0, 0.1) is 0 Å². The monoisotopic (exact) mass is 928 g/mol. The SMILES string of the molecule is CCCCCCCCCCCCCCCCCCCC/C=C/CC/C=C/CC/C=C/C(O)C(COC1OC(CO)C(OC2OC(CO)C(O)C(O)C2O)C(O)C1O)NC(=O)CCCCC. The quantitative estimate of drug-likeness (QED) is 0.0231. The summed E-state index contributed by atoms with van der Waals surface area (Å²) in [4.78, 5) is 12.8. The Morgan fingerprint density at radius 3 is 1.51 bits per heavy atom. The number of ether oxygens (including phenoxy) is 4. The highest BCUT2D eigenvalue weighted by Gasteiger charge is 2.51. The van der Waals surface area contributed by atoms with Crippen molar-refractivity contribution >= 4 is 5.91 Å². The molecule has 2 rings (SSSR count). The van der Waals surface area contributed by atoms with Crippen molar-refractivity contribution in [2.75, 3.05) is 19.8 Å². The van der Waals surface area contributed by atoms with Gasteiger partial charge in [0.05, 0.1) is 32.0 Å². The normalized spacial score (nSPS) is 27.3. The van der Waals surface area contributed by atoms with E-state index in [9.17, 15) is 45.6 Å². The Morgan fingerprint density at radius 1 is 0.538 bits per heavy atom. The molecule has 9 N–H and O–H groups in total. The van der Waals surface area contributed by atoms with Gasteiger partial charge in [-0.2, -0.15) is 0 Å². The van der Waals surface area contributed by atoms with Gasteiger partial charge in [-0.25, -0.2) is 0 Å². The molecule has 2 aliphatic rings. The molecular formula is C51H93NO13. The maximum absolute atomic E-state index is 12.8. The van der Waals surface area contributed by atoms with Crippen molar-refractivity contribution in [2.24, 2.45) is 0 Å². The maximum atomic E-state index is 12.8. The lowest BCUT2D eigenvalue weighted by Gasteiger charge is -2.46. The van der Waals surface area contributed by atoms with Crippen molar-refractivity contribution in [1.82, 2.24) is 5.32 Å². The highest BCUT2D eigenvalue weighted by Crippen LogP contribution is 2.30. The van der Waals surface area contributed by atoms with Gasteiger partial charge in [0.2, 0.25) is 5.91 Å². The molecule has 2 fully saturated rings. The van der Waals surface area contributed by atoms with E-state index in [4.69, 9.17) is 18.9 Å². The molecule has 0 aromatic heterocycles. The summed E-state index contributed by atoms with van der Waals surface area (Å²) in [7, 11) is 0. The number of unbranched alkanes of at least 4 members (excludes halogenated alkanes) is 22. The van der Waals surface area contributed by atoms with E-state index < -0.39 is 86.8 Å².